The van der Waals surface area contributed by atoms with Gasteiger partial charge in [0.15, 0.2) is 0 Å². The summed E-state index contributed by atoms with van der Waals surface area (Å²) in [6.07, 6.45) is 0. The van der Waals surface area contributed by atoms with Gasteiger partial charge in [-0.3, -0.25) is 14.9 Å². The Hall–Kier alpha value is -2.11. The highest BCUT2D eigenvalue weighted by Crippen LogP contribution is 2.33. The zero-order chi connectivity index (χ0) is 11.9. The van der Waals surface area contributed by atoms with E-state index in [1.54, 1.807) is 19.9 Å². The minimum atomic E-state index is -0.761. The molecule has 16 heavy (non-hydrogen) atoms. The first-order valence-corrected chi connectivity index (χ1v) is 4.73. The Morgan fingerprint density at radius 1 is 1.44 bits per heavy atom. The van der Waals surface area contributed by atoms with Crippen molar-refractivity contribution in [3.05, 3.63) is 28.3 Å². The Bertz CT molecular complexity index is 482. The number of nitrogens with zero attached hydrogens (tertiary/aromatic N) is 2. The third kappa shape index (κ3) is 1.58. The van der Waals surface area contributed by atoms with Crippen molar-refractivity contribution in [2.45, 2.75) is 19.4 Å². The van der Waals surface area contributed by atoms with Crippen LogP contribution in [0, 0.1) is 10.1 Å². The maximum Gasteiger partial charge on any atom is 0.271 e. The fourth-order valence-electron chi connectivity index (χ4n) is 1.47. The van der Waals surface area contributed by atoms with E-state index in [9.17, 15) is 14.9 Å². The summed E-state index contributed by atoms with van der Waals surface area (Å²) in [7, 11) is 0. The van der Waals surface area contributed by atoms with E-state index in [4.69, 9.17) is 0 Å². The van der Waals surface area contributed by atoms with Crippen molar-refractivity contribution in [2.75, 3.05) is 5.32 Å². The van der Waals surface area contributed by atoms with E-state index in [0.29, 0.717) is 11.4 Å². The maximum absolute atomic E-state index is 11.6. The van der Waals surface area contributed by atoms with Crippen molar-refractivity contribution in [3.63, 3.8) is 0 Å². The van der Waals surface area contributed by atoms with Crippen LogP contribution in [-0.4, -0.2) is 16.4 Å². The number of carbonyl (C=O) groups excluding carboxylic acids is 1. The first kappa shape index (κ1) is 10.4. The molecule has 0 aliphatic carbocycles. The van der Waals surface area contributed by atoms with Gasteiger partial charge in [-0.2, -0.15) is 0 Å². The highest BCUT2D eigenvalue weighted by molar-refractivity contribution is 5.97. The molecular formula is C10H10N3O3. The zero-order valence-corrected chi connectivity index (χ0v) is 8.85. The molecule has 1 amide bonds. The quantitative estimate of drug-likeness (QED) is 0.574. The molecule has 1 aliphatic rings. The molecule has 2 rings (SSSR count). The lowest BCUT2D eigenvalue weighted by Gasteiger charge is -2.30. The molecule has 83 valence electrons. The standard InChI is InChI=1S/C10H10N3O3/c1-10(2)9(14)11-8-5-6(13(15)16)3-4-7(8)12-10/h3-5,12H,1-2H3. The number of hydrogen-bond acceptors (Lipinski definition) is 4. The number of nitro groups is 1. The van der Waals surface area contributed by atoms with Gasteiger partial charge in [0.1, 0.15) is 5.54 Å². The molecule has 6 nitrogen and oxygen atoms in total. The van der Waals surface area contributed by atoms with Gasteiger partial charge in [0, 0.05) is 12.1 Å². The molecule has 0 spiro atoms. The van der Waals surface area contributed by atoms with Crippen LogP contribution in [0.5, 0.6) is 0 Å². The first-order chi connectivity index (χ1) is 7.40. The van der Waals surface area contributed by atoms with Gasteiger partial charge in [-0.25, -0.2) is 5.32 Å². The Kier molecular flexibility index (Phi) is 2.08. The predicted molar refractivity (Wildman–Crippen MR) is 57.6 cm³/mol. The number of non-ortho nitro benzene ring substituents is 1. The van der Waals surface area contributed by atoms with Crippen LogP contribution in [0.25, 0.3) is 0 Å². The molecule has 1 N–H and O–H groups in total. The summed E-state index contributed by atoms with van der Waals surface area (Å²) in [5, 5.41) is 17.4. The number of nitrogens with one attached hydrogen (secondary N) is 1. The van der Waals surface area contributed by atoms with Crippen molar-refractivity contribution in [1.29, 1.82) is 0 Å². The molecule has 0 unspecified atom stereocenters. The second kappa shape index (κ2) is 3.19. The topological polar surface area (TPSA) is 86.3 Å². The minimum absolute atomic E-state index is 0.0724. The van der Waals surface area contributed by atoms with Crippen molar-refractivity contribution in [3.8, 4) is 0 Å². The third-order valence-electron chi connectivity index (χ3n) is 2.40. The van der Waals surface area contributed by atoms with Gasteiger partial charge in [0.05, 0.1) is 16.3 Å². The SMILES string of the molecule is CC1(C)Nc2ccc([N+](=O)[O-])cc2[N]C1=O. The summed E-state index contributed by atoms with van der Waals surface area (Å²) in [6.45, 7) is 3.42. The molecule has 0 aromatic heterocycles. The zero-order valence-electron chi connectivity index (χ0n) is 8.85. The Morgan fingerprint density at radius 2 is 2.12 bits per heavy atom. The molecule has 0 saturated carbocycles. The monoisotopic (exact) mass is 220 g/mol. The van der Waals surface area contributed by atoms with Gasteiger partial charge in [-0.05, 0) is 19.9 Å². The van der Waals surface area contributed by atoms with Crippen LogP contribution in [0.15, 0.2) is 18.2 Å². The summed E-state index contributed by atoms with van der Waals surface area (Å²) < 4.78 is 0. The molecule has 0 fully saturated rings. The minimum Gasteiger partial charge on any atom is -0.370 e. The molecule has 1 heterocycles. The second-order valence-electron chi connectivity index (χ2n) is 4.13. The van der Waals surface area contributed by atoms with Gasteiger partial charge in [-0.1, -0.05) is 0 Å². The van der Waals surface area contributed by atoms with E-state index < -0.39 is 10.5 Å². The molecule has 0 atom stereocenters. The molecule has 1 radical (unpaired) electrons. The maximum atomic E-state index is 11.6. The van der Waals surface area contributed by atoms with Gasteiger partial charge in [0.2, 0.25) is 0 Å². The number of carbonyl (C=O) groups is 1. The summed E-state index contributed by atoms with van der Waals surface area (Å²) in [4.78, 5) is 21.6. The van der Waals surface area contributed by atoms with Crippen molar-refractivity contribution in [2.24, 2.45) is 0 Å². The van der Waals surface area contributed by atoms with Gasteiger partial charge >= 0.3 is 0 Å². The van der Waals surface area contributed by atoms with Crippen molar-refractivity contribution in [1.82, 2.24) is 5.32 Å². The Morgan fingerprint density at radius 3 is 2.75 bits per heavy atom. The van der Waals surface area contributed by atoms with Gasteiger partial charge in [0.25, 0.3) is 11.6 Å². The van der Waals surface area contributed by atoms with Crippen LogP contribution in [-0.2, 0) is 4.79 Å². The number of rotatable bonds is 1. The van der Waals surface area contributed by atoms with E-state index in [2.05, 4.69) is 10.6 Å². The number of fused-ring (bicyclic) bond motifs is 1. The third-order valence-corrected chi connectivity index (χ3v) is 2.40. The highest BCUT2D eigenvalue weighted by Gasteiger charge is 2.34. The Balaban J connectivity index is 2.44. The van der Waals surface area contributed by atoms with Crippen LogP contribution in [0.1, 0.15) is 13.8 Å². The van der Waals surface area contributed by atoms with Crippen molar-refractivity contribution < 1.29 is 9.72 Å². The fraction of sp³-hybridized carbons (Fsp3) is 0.300. The molecule has 1 aromatic rings. The van der Waals surface area contributed by atoms with Gasteiger partial charge in [-0.15, -0.1) is 0 Å². The van der Waals surface area contributed by atoms with Crippen LogP contribution in [0.4, 0.5) is 17.1 Å². The molecule has 1 aliphatic heterocycles. The largest absolute Gasteiger partial charge is 0.370 e. The number of amides is 1. The number of anilines is 1. The molecule has 1 aromatic carbocycles. The van der Waals surface area contributed by atoms with E-state index >= 15 is 0 Å². The van der Waals surface area contributed by atoms with Crippen LogP contribution >= 0.6 is 0 Å². The normalized spacial score (nSPS) is 17.0. The van der Waals surface area contributed by atoms with Crippen LogP contribution < -0.4 is 10.6 Å². The van der Waals surface area contributed by atoms with E-state index in [0.717, 1.165) is 0 Å². The van der Waals surface area contributed by atoms with E-state index in [-0.39, 0.29) is 11.6 Å². The molecule has 0 saturated heterocycles. The molecule has 0 bridgehead atoms. The average molecular weight is 220 g/mol. The first-order valence-electron chi connectivity index (χ1n) is 4.73. The lowest BCUT2D eigenvalue weighted by molar-refractivity contribution is -0.384. The van der Waals surface area contributed by atoms with E-state index in [1.165, 1.54) is 12.1 Å². The van der Waals surface area contributed by atoms with Crippen LogP contribution in [0.2, 0.25) is 0 Å². The van der Waals surface area contributed by atoms with Crippen LogP contribution in [0.3, 0.4) is 0 Å². The number of benzene rings is 1. The molecule has 6 heteroatoms. The number of hydrogen-bond donors (Lipinski definition) is 1. The predicted octanol–water partition coefficient (Wildman–Crippen LogP) is 1.56. The summed E-state index contributed by atoms with van der Waals surface area (Å²) >= 11 is 0. The number of nitro benzene ring substituents is 1. The second-order valence-corrected chi connectivity index (χ2v) is 4.13. The van der Waals surface area contributed by atoms with Gasteiger partial charge < -0.3 is 5.32 Å². The summed E-state index contributed by atoms with van der Waals surface area (Å²) in [5.74, 6) is -0.333. The highest BCUT2D eigenvalue weighted by atomic mass is 16.6. The average Bonchev–Trinajstić information content (AvgIpc) is 2.18. The Labute approximate surface area is 91.8 Å². The summed E-state index contributed by atoms with van der Waals surface area (Å²) in [5.41, 5.74) is 0.119. The lowest BCUT2D eigenvalue weighted by atomic mass is 10.00. The van der Waals surface area contributed by atoms with E-state index in [1.807, 2.05) is 0 Å². The lowest BCUT2D eigenvalue weighted by Crippen LogP contribution is -2.47. The molecular weight excluding hydrogens is 210 g/mol. The smallest absolute Gasteiger partial charge is 0.271 e. The summed E-state index contributed by atoms with van der Waals surface area (Å²) in [6, 6.07) is 4.23. The van der Waals surface area contributed by atoms with Crippen molar-refractivity contribution >= 4 is 23.0 Å². The fourth-order valence-corrected chi connectivity index (χ4v) is 1.47.